The fraction of sp³-hybridized carbons (Fsp3) is 0.455. The van der Waals surface area contributed by atoms with E-state index in [2.05, 4.69) is 0 Å². The first-order valence-corrected chi connectivity index (χ1v) is 5.44. The Bertz CT molecular complexity index is 399. The van der Waals surface area contributed by atoms with Crippen molar-refractivity contribution in [3.05, 3.63) is 18.2 Å². The Hall–Kier alpha value is -1.20. The number of hydrogen-bond acceptors (Lipinski definition) is 4. The molecule has 0 aliphatic carbocycles. The molecule has 16 heavy (non-hydrogen) atoms. The zero-order valence-corrected chi connectivity index (χ0v) is 9.30. The summed E-state index contributed by atoms with van der Waals surface area (Å²) < 4.78 is 22.0. The molecule has 0 aromatic heterocycles. The molecule has 0 N–H and O–H groups in total. The summed E-state index contributed by atoms with van der Waals surface area (Å²) in [6, 6.07) is 5.75. The highest BCUT2D eigenvalue weighted by molar-refractivity contribution is 6.62. The Morgan fingerprint density at radius 3 is 2.50 bits per heavy atom. The van der Waals surface area contributed by atoms with Crippen LogP contribution >= 0.6 is 0 Å². The summed E-state index contributed by atoms with van der Waals surface area (Å²) in [5.74, 6) is 1.54. The van der Waals surface area contributed by atoms with Gasteiger partial charge in [-0.3, -0.25) is 0 Å². The maximum Gasteiger partial charge on any atom is 0.494 e. The maximum atomic E-state index is 5.70. The highest BCUT2D eigenvalue weighted by atomic mass is 16.7. The molecule has 1 fully saturated rings. The Morgan fingerprint density at radius 1 is 1.06 bits per heavy atom. The van der Waals surface area contributed by atoms with E-state index in [1.54, 1.807) is 0 Å². The van der Waals surface area contributed by atoms with Gasteiger partial charge >= 0.3 is 7.12 Å². The summed E-state index contributed by atoms with van der Waals surface area (Å²) in [4.78, 5) is 0. The molecule has 5 heteroatoms. The van der Waals surface area contributed by atoms with Gasteiger partial charge < -0.3 is 18.8 Å². The third kappa shape index (κ3) is 1.56. The molecular weight excluding hydrogens is 207 g/mol. The van der Waals surface area contributed by atoms with Crippen molar-refractivity contribution in [1.82, 2.24) is 0 Å². The van der Waals surface area contributed by atoms with Gasteiger partial charge in [-0.1, -0.05) is 6.07 Å². The van der Waals surface area contributed by atoms with Crippen LogP contribution < -0.4 is 14.9 Å². The second-order valence-electron chi connectivity index (χ2n) is 4.13. The molecule has 0 amide bonds. The molecule has 1 aromatic rings. The summed E-state index contributed by atoms with van der Waals surface area (Å²) in [6.45, 7) is 4.31. The lowest BCUT2D eigenvalue weighted by Crippen LogP contribution is -2.32. The first kappa shape index (κ1) is 9.99. The summed E-state index contributed by atoms with van der Waals surface area (Å²) in [5.41, 5.74) is 0.973. The largest absolute Gasteiger partial charge is 0.494 e. The zero-order chi connectivity index (χ0) is 11.1. The lowest BCUT2D eigenvalue weighted by atomic mass is 9.79. The molecule has 2 atom stereocenters. The molecule has 0 unspecified atom stereocenters. The smallest absolute Gasteiger partial charge is 0.454 e. The molecule has 4 nitrogen and oxygen atoms in total. The van der Waals surface area contributed by atoms with Gasteiger partial charge in [0.15, 0.2) is 11.5 Å². The van der Waals surface area contributed by atoms with Crippen molar-refractivity contribution < 1.29 is 18.8 Å². The van der Waals surface area contributed by atoms with Crippen LogP contribution in [0.5, 0.6) is 11.5 Å². The molecule has 3 rings (SSSR count). The van der Waals surface area contributed by atoms with E-state index in [4.69, 9.17) is 18.8 Å². The average Bonchev–Trinajstić information content (AvgIpc) is 2.85. The van der Waals surface area contributed by atoms with Crippen molar-refractivity contribution in [2.75, 3.05) is 6.79 Å². The van der Waals surface area contributed by atoms with Crippen molar-refractivity contribution >= 4 is 12.6 Å². The van der Waals surface area contributed by atoms with E-state index < -0.39 is 0 Å². The normalized spacial score (nSPS) is 27.5. The van der Waals surface area contributed by atoms with Crippen molar-refractivity contribution in [2.24, 2.45) is 0 Å². The SMILES string of the molecule is C[C@@H]1OB(c2ccc3c(c2)OCO3)O[C@@H]1C. The lowest BCUT2D eigenvalue weighted by molar-refractivity contribution is 0.174. The standard InChI is InChI=1S/C11H13BO4/c1-7-8(2)16-12(15-7)9-3-4-10-11(5-9)14-6-13-10/h3-5,7-8H,6H2,1-2H3/t7-,8+. The molecule has 2 heterocycles. The van der Waals surface area contributed by atoms with Gasteiger partial charge in [0.1, 0.15) is 0 Å². The fourth-order valence-corrected chi connectivity index (χ4v) is 1.86. The van der Waals surface area contributed by atoms with Crippen LogP contribution in [0.1, 0.15) is 13.8 Å². The summed E-state index contributed by atoms with van der Waals surface area (Å²) in [7, 11) is -0.292. The maximum absolute atomic E-state index is 5.70. The van der Waals surface area contributed by atoms with E-state index >= 15 is 0 Å². The zero-order valence-electron chi connectivity index (χ0n) is 9.30. The van der Waals surface area contributed by atoms with Crippen LogP contribution in [0, 0.1) is 0 Å². The van der Waals surface area contributed by atoms with Crippen LogP contribution in [0.15, 0.2) is 18.2 Å². The molecule has 84 valence electrons. The molecule has 0 spiro atoms. The van der Waals surface area contributed by atoms with Crippen molar-refractivity contribution in [3.8, 4) is 11.5 Å². The number of benzene rings is 1. The van der Waals surface area contributed by atoms with E-state index in [0.717, 1.165) is 17.0 Å². The Morgan fingerprint density at radius 2 is 1.75 bits per heavy atom. The molecule has 2 aliphatic heterocycles. The quantitative estimate of drug-likeness (QED) is 0.660. The first-order chi connectivity index (χ1) is 7.74. The molecule has 0 saturated carbocycles. The van der Waals surface area contributed by atoms with Gasteiger partial charge in [0, 0.05) is 0 Å². The Labute approximate surface area is 94.6 Å². The summed E-state index contributed by atoms with van der Waals surface area (Å²) >= 11 is 0. The number of ether oxygens (including phenoxy) is 2. The topological polar surface area (TPSA) is 36.9 Å². The van der Waals surface area contributed by atoms with Crippen molar-refractivity contribution in [2.45, 2.75) is 26.1 Å². The van der Waals surface area contributed by atoms with Crippen LogP contribution in [-0.2, 0) is 9.31 Å². The van der Waals surface area contributed by atoms with E-state index in [1.807, 2.05) is 32.0 Å². The minimum Gasteiger partial charge on any atom is -0.454 e. The van der Waals surface area contributed by atoms with Gasteiger partial charge in [-0.2, -0.15) is 0 Å². The summed E-state index contributed by atoms with van der Waals surface area (Å²) in [5, 5.41) is 0. The van der Waals surface area contributed by atoms with Crippen molar-refractivity contribution in [1.29, 1.82) is 0 Å². The monoisotopic (exact) mass is 220 g/mol. The summed E-state index contributed by atoms with van der Waals surface area (Å²) in [6.07, 6.45) is 0.242. The average molecular weight is 220 g/mol. The predicted molar refractivity (Wildman–Crippen MR) is 59.0 cm³/mol. The van der Waals surface area contributed by atoms with E-state index in [9.17, 15) is 0 Å². The Kier molecular flexibility index (Phi) is 2.30. The van der Waals surface area contributed by atoms with Crippen LogP contribution in [-0.4, -0.2) is 26.1 Å². The minimum absolute atomic E-state index is 0.121. The second-order valence-corrected chi connectivity index (χ2v) is 4.13. The van der Waals surface area contributed by atoms with E-state index in [1.165, 1.54) is 0 Å². The predicted octanol–water partition coefficient (Wildman–Crippen LogP) is 0.934. The molecular formula is C11H13BO4. The van der Waals surface area contributed by atoms with Crippen LogP contribution in [0.3, 0.4) is 0 Å². The third-order valence-electron chi connectivity index (χ3n) is 3.01. The van der Waals surface area contributed by atoms with Gasteiger partial charge in [-0.15, -0.1) is 0 Å². The van der Waals surface area contributed by atoms with Gasteiger partial charge in [0.05, 0.1) is 12.2 Å². The van der Waals surface area contributed by atoms with E-state index in [0.29, 0.717) is 0 Å². The fourth-order valence-electron chi connectivity index (χ4n) is 1.86. The highest BCUT2D eigenvalue weighted by Gasteiger charge is 2.36. The van der Waals surface area contributed by atoms with Crippen molar-refractivity contribution in [3.63, 3.8) is 0 Å². The van der Waals surface area contributed by atoms with E-state index in [-0.39, 0.29) is 26.1 Å². The molecule has 1 saturated heterocycles. The van der Waals surface area contributed by atoms with Crippen LogP contribution in [0.2, 0.25) is 0 Å². The van der Waals surface area contributed by atoms with Gasteiger partial charge in [0.2, 0.25) is 6.79 Å². The first-order valence-electron chi connectivity index (χ1n) is 5.44. The Balaban J connectivity index is 1.85. The lowest BCUT2D eigenvalue weighted by Gasteiger charge is -2.05. The minimum atomic E-state index is -0.292. The molecule has 2 aliphatic rings. The van der Waals surface area contributed by atoms with Crippen LogP contribution in [0.25, 0.3) is 0 Å². The number of fused-ring (bicyclic) bond motifs is 1. The van der Waals surface area contributed by atoms with Gasteiger partial charge in [-0.25, -0.2) is 0 Å². The molecule has 0 bridgehead atoms. The molecule has 1 aromatic carbocycles. The molecule has 0 radical (unpaired) electrons. The number of hydrogen-bond donors (Lipinski definition) is 0. The van der Waals surface area contributed by atoms with Gasteiger partial charge in [0.25, 0.3) is 0 Å². The second kappa shape index (κ2) is 3.68. The highest BCUT2D eigenvalue weighted by Crippen LogP contribution is 2.30. The van der Waals surface area contributed by atoms with Gasteiger partial charge in [-0.05, 0) is 31.4 Å². The van der Waals surface area contributed by atoms with Crippen LogP contribution in [0.4, 0.5) is 0 Å². The third-order valence-corrected chi connectivity index (χ3v) is 3.01. The number of rotatable bonds is 1.